The summed E-state index contributed by atoms with van der Waals surface area (Å²) in [6.07, 6.45) is 2.10. The molecule has 19 heavy (non-hydrogen) atoms. The Kier molecular flexibility index (Phi) is 6.61. The van der Waals surface area contributed by atoms with Crippen molar-refractivity contribution < 1.29 is 0 Å². The molecular formula is C17H22ClN. The highest BCUT2D eigenvalue weighted by Gasteiger charge is 2.14. The van der Waals surface area contributed by atoms with Crippen molar-refractivity contribution in [1.29, 1.82) is 0 Å². The summed E-state index contributed by atoms with van der Waals surface area (Å²) in [6.45, 7) is 2.11. The molecule has 0 aliphatic carbocycles. The summed E-state index contributed by atoms with van der Waals surface area (Å²) < 4.78 is 0. The first-order chi connectivity index (χ1) is 8.75. The van der Waals surface area contributed by atoms with Gasteiger partial charge in [0.2, 0.25) is 0 Å². The monoisotopic (exact) mass is 275 g/mol. The van der Waals surface area contributed by atoms with Crippen molar-refractivity contribution in [2.45, 2.75) is 25.8 Å². The zero-order valence-corrected chi connectivity index (χ0v) is 12.1. The summed E-state index contributed by atoms with van der Waals surface area (Å²) >= 11 is 0. The van der Waals surface area contributed by atoms with E-state index in [0.29, 0.717) is 5.92 Å². The Hall–Kier alpha value is -1.31. The fraction of sp³-hybridized carbons (Fsp3) is 0.294. The second kappa shape index (κ2) is 7.98. The number of halogens is 1. The second-order valence-corrected chi connectivity index (χ2v) is 5.00. The van der Waals surface area contributed by atoms with E-state index in [4.69, 9.17) is 5.73 Å². The normalized spacial score (nSPS) is 11.9. The maximum atomic E-state index is 6.13. The van der Waals surface area contributed by atoms with E-state index < -0.39 is 0 Å². The zero-order chi connectivity index (χ0) is 12.8. The average molecular weight is 276 g/mol. The van der Waals surface area contributed by atoms with Gasteiger partial charge in [-0.2, -0.15) is 0 Å². The molecular weight excluding hydrogens is 254 g/mol. The Morgan fingerprint density at radius 3 is 1.47 bits per heavy atom. The third-order valence-corrected chi connectivity index (χ3v) is 3.43. The number of nitrogens with two attached hydrogens (primary N) is 1. The Morgan fingerprint density at radius 1 is 0.789 bits per heavy atom. The number of hydrogen-bond donors (Lipinski definition) is 1. The highest BCUT2D eigenvalue weighted by Crippen LogP contribution is 2.17. The Labute approximate surface area is 122 Å². The van der Waals surface area contributed by atoms with Gasteiger partial charge in [0.15, 0.2) is 0 Å². The van der Waals surface area contributed by atoms with Crippen LogP contribution in [0.4, 0.5) is 0 Å². The average Bonchev–Trinajstić information content (AvgIpc) is 2.40. The van der Waals surface area contributed by atoms with Crippen LogP contribution in [0.5, 0.6) is 0 Å². The molecule has 102 valence electrons. The molecule has 2 rings (SSSR count). The Morgan fingerprint density at radius 2 is 1.16 bits per heavy atom. The van der Waals surface area contributed by atoms with E-state index in [9.17, 15) is 0 Å². The summed E-state index contributed by atoms with van der Waals surface area (Å²) in [5.41, 5.74) is 8.87. The van der Waals surface area contributed by atoms with E-state index in [1.165, 1.54) is 11.1 Å². The van der Waals surface area contributed by atoms with Crippen molar-refractivity contribution in [3.63, 3.8) is 0 Å². The van der Waals surface area contributed by atoms with Crippen molar-refractivity contribution in [2.24, 2.45) is 11.7 Å². The molecule has 2 heteroatoms. The molecule has 0 saturated carbocycles. The third-order valence-electron chi connectivity index (χ3n) is 3.43. The van der Waals surface area contributed by atoms with Crippen molar-refractivity contribution in [3.8, 4) is 0 Å². The van der Waals surface area contributed by atoms with E-state index in [1.807, 2.05) is 0 Å². The smallest absolute Gasteiger partial charge is 0.00451 e. The molecule has 1 atom stereocenters. The Balaban J connectivity index is 0.00000180. The molecule has 0 amide bonds. The maximum absolute atomic E-state index is 6.13. The van der Waals surface area contributed by atoms with Crippen LogP contribution in [-0.2, 0) is 12.8 Å². The first-order valence-electron chi connectivity index (χ1n) is 6.59. The van der Waals surface area contributed by atoms with Crippen LogP contribution in [0.2, 0.25) is 0 Å². The van der Waals surface area contributed by atoms with Crippen molar-refractivity contribution in [1.82, 2.24) is 0 Å². The van der Waals surface area contributed by atoms with Gasteiger partial charge in [-0.25, -0.2) is 0 Å². The molecule has 0 aromatic heterocycles. The number of rotatable bonds is 5. The molecule has 2 aromatic rings. The first kappa shape index (κ1) is 15.7. The largest absolute Gasteiger partial charge is 0.328 e. The van der Waals surface area contributed by atoms with Gasteiger partial charge in [-0.15, -0.1) is 12.4 Å². The van der Waals surface area contributed by atoms with Crippen LogP contribution < -0.4 is 5.73 Å². The van der Waals surface area contributed by atoms with Crippen LogP contribution in [0.15, 0.2) is 60.7 Å². The Bertz CT molecular complexity index is 412. The highest BCUT2D eigenvalue weighted by molar-refractivity contribution is 5.85. The van der Waals surface area contributed by atoms with Crippen LogP contribution in [0.25, 0.3) is 0 Å². The number of benzene rings is 2. The SMILES string of the molecule is CC(N)C(Cc1ccccc1)Cc1ccccc1.Cl. The predicted octanol–water partition coefficient (Wildman–Crippen LogP) is 3.86. The lowest BCUT2D eigenvalue weighted by Gasteiger charge is -2.21. The lowest BCUT2D eigenvalue weighted by molar-refractivity contribution is 0.438. The van der Waals surface area contributed by atoms with Gasteiger partial charge < -0.3 is 5.73 Å². The van der Waals surface area contributed by atoms with Crippen LogP contribution in [0.1, 0.15) is 18.1 Å². The molecule has 0 spiro atoms. The fourth-order valence-electron chi connectivity index (χ4n) is 2.28. The van der Waals surface area contributed by atoms with Crippen LogP contribution >= 0.6 is 12.4 Å². The molecule has 2 aromatic carbocycles. The van der Waals surface area contributed by atoms with E-state index in [2.05, 4.69) is 67.6 Å². The molecule has 0 aliphatic heterocycles. The predicted molar refractivity (Wildman–Crippen MR) is 84.7 cm³/mol. The molecule has 0 heterocycles. The van der Waals surface area contributed by atoms with E-state index in [1.54, 1.807) is 0 Å². The van der Waals surface area contributed by atoms with E-state index in [-0.39, 0.29) is 18.4 Å². The summed E-state index contributed by atoms with van der Waals surface area (Å²) in [7, 11) is 0. The summed E-state index contributed by atoms with van der Waals surface area (Å²) in [4.78, 5) is 0. The topological polar surface area (TPSA) is 26.0 Å². The minimum atomic E-state index is 0. The molecule has 0 bridgehead atoms. The van der Waals surface area contributed by atoms with Crippen LogP contribution in [0, 0.1) is 5.92 Å². The highest BCUT2D eigenvalue weighted by atomic mass is 35.5. The summed E-state index contributed by atoms with van der Waals surface area (Å²) in [5, 5.41) is 0. The zero-order valence-electron chi connectivity index (χ0n) is 11.3. The van der Waals surface area contributed by atoms with Crippen molar-refractivity contribution in [2.75, 3.05) is 0 Å². The minimum Gasteiger partial charge on any atom is -0.328 e. The lowest BCUT2D eigenvalue weighted by atomic mass is 9.88. The molecule has 0 radical (unpaired) electrons. The van der Waals surface area contributed by atoms with E-state index in [0.717, 1.165) is 12.8 Å². The van der Waals surface area contributed by atoms with Gasteiger partial charge in [0.1, 0.15) is 0 Å². The van der Waals surface area contributed by atoms with Gasteiger partial charge in [0.25, 0.3) is 0 Å². The summed E-state index contributed by atoms with van der Waals surface area (Å²) in [5.74, 6) is 0.495. The van der Waals surface area contributed by atoms with Gasteiger partial charge in [-0.05, 0) is 36.8 Å². The fourth-order valence-corrected chi connectivity index (χ4v) is 2.28. The van der Waals surface area contributed by atoms with Gasteiger partial charge in [-0.3, -0.25) is 0 Å². The van der Waals surface area contributed by atoms with Crippen molar-refractivity contribution in [3.05, 3.63) is 71.8 Å². The summed E-state index contributed by atoms with van der Waals surface area (Å²) in [6, 6.07) is 21.4. The van der Waals surface area contributed by atoms with Crippen LogP contribution in [0.3, 0.4) is 0 Å². The van der Waals surface area contributed by atoms with Crippen molar-refractivity contribution >= 4 is 12.4 Å². The van der Waals surface area contributed by atoms with Gasteiger partial charge in [0.05, 0.1) is 0 Å². The van der Waals surface area contributed by atoms with Gasteiger partial charge in [-0.1, -0.05) is 60.7 Å². The molecule has 0 fully saturated rings. The minimum absolute atomic E-state index is 0. The molecule has 1 unspecified atom stereocenters. The standard InChI is InChI=1S/C17H21N.ClH/c1-14(18)17(12-15-8-4-2-5-9-15)13-16-10-6-3-7-11-16;/h2-11,14,17H,12-13,18H2,1H3;1H. The number of hydrogen-bond acceptors (Lipinski definition) is 1. The molecule has 1 nitrogen and oxygen atoms in total. The van der Waals surface area contributed by atoms with E-state index >= 15 is 0 Å². The van der Waals surface area contributed by atoms with Gasteiger partial charge >= 0.3 is 0 Å². The molecule has 0 aliphatic rings. The third kappa shape index (κ3) is 5.06. The lowest BCUT2D eigenvalue weighted by Crippen LogP contribution is -2.30. The second-order valence-electron chi connectivity index (χ2n) is 5.00. The molecule has 2 N–H and O–H groups in total. The van der Waals surface area contributed by atoms with Gasteiger partial charge in [0, 0.05) is 6.04 Å². The first-order valence-corrected chi connectivity index (χ1v) is 6.59. The van der Waals surface area contributed by atoms with Crippen LogP contribution in [-0.4, -0.2) is 6.04 Å². The quantitative estimate of drug-likeness (QED) is 0.881. The molecule has 0 saturated heterocycles. The maximum Gasteiger partial charge on any atom is 0.00451 e.